The number of rotatable bonds is 14. The first-order chi connectivity index (χ1) is 14.1. The molecule has 0 radical (unpaired) electrons. The van der Waals surface area contributed by atoms with Crippen molar-refractivity contribution < 1.29 is 14.6 Å². The molecule has 5 nitrogen and oxygen atoms in total. The Bertz CT molecular complexity index is 813. The van der Waals surface area contributed by atoms with Gasteiger partial charge in [0.15, 0.2) is 5.75 Å². The van der Waals surface area contributed by atoms with Gasteiger partial charge in [0.1, 0.15) is 5.75 Å². The highest BCUT2D eigenvalue weighted by molar-refractivity contribution is 5.88. The fourth-order valence-corrected chi connectivity index (χ4v) is 3.62. The normalized spacial score (nSPS) is 11.1. The standard InChI is InChI=1S/C24H37NO4/c1-4-6-8-10-11-12-16-25-21-18-19(28-3)14-15-20(21)22(26)23(24(25)27)29-17-13-9-7-5-2/h14-15,18,26H,4-13,16-17H2,1-3H3. The van der Waals surface area contributed by atoms with Crippen molar-refractivity contribution in [1.29, 1.82) is 0 Å². The van der Waals surface area contributed by atoms with Crippen molar-refractivity contribution in [1.82, 2.24) is 4.57 Å². The maximum absolute atomic E-state index is 13.1. The number of benzene rings is 1. The first-order valence-corrected chi connectivity index (χ1v) is 11.2. The third kappa shape index (κ3) is 6.41. The van der Waals surface area contributed by atoms with Crippen LogP contribution < -0.4 is 15.0 Å². The smallest absolute Gasteiger partial charge is 0.297 e. The average Bonchev–Trinajstić information content (AvgIpc) is 2.74. The summed E-state index contributed by atoms with van der Waals surface area (Å²) in [5.41, 5.74) is 0.436. The maximum Gasteiger partial charge on any atom is 0.297 e. The van der Waals surface area contributed by atoms with Crippen LogP contribution in [0.25, 0.3) is 10.9 Å². The van der Waals surface area contributed by atoms with Crippen molar-refractivity contribution in [2.75, 3.05) is 13.7 Å². The van der Waals surface area contributed by atoms with Crippen molar-refractivity contribution in [3.05, 3.63) is 28.6 Å². The Kier molecular flexibility index (Phi) is 9.89. The van der Waals surface area contributed by atoms with Gasteiger partial charge in [-0.2, -0.15) is 0 Å². The molecule has 0 atom stereocenters. The molecule has 0 saturated carbocycles. The summed E-state index contributed by atoms with van der Waals surface area (Å²) >= 11 is 0. The molecule has 0 amide bonds. The lowest BCUT2D eigenvalue weighted by Gasteiger charge is -2.16. The highest BCUT2D eigenvalue weighted by atomic mass is 16.5. The van der Waals surface area contributed by atoms with Crippen LogP contribution in [0.15, 0.2) is 23.0 Å². The number of aromatic hydroxyl groups is 1. The number of aromatic nitrogens is 1. The topological polar surface area (TPSA) is 60.7 Å². The zero-order valence-corrected chi connectivity index (χ0v) is 18.3. The monoisotopic (exact) mass is 403 g/mol. The molecule has 29 heavy (non-hydrogen) atoms. The highest BCUT2D eigenvalue weighted by Gasteiger charge is 2.18. The lowest BCUT2D eigenvalue weighted by molar-refractivity contribution is 0.284. The molecular weight excluding hydrogens is 366 g/mol. The molecule has 0 fully saturated rings. The second-order valence-corrected chi connectivity index (χ2v) is 7.69. The summed E-state index contributed by atoms with van der Waals surface area (Å²) in [6, 6.07) is 5.41. The van der Waals surface area contributed by atoms with E-state index in [1.165, 1.54) is 25.7 Å². The van der Waals surface area contributed by atoms with Crippen LogP contribution in [0, 0.1) is 0 Å². The van der Waals surface area contributed by atoms with Gasteiger partial charge in [0.05, 0.1) is 19.2 Å². The number of ether oxygens (including phenoxy) is 2. The van der Waals surface area contributed by atoms with Crippen molar-refractivity contribution in [2.24, 2.45) is 0 Å². The quantitative estimate of drug-likeness (QED) is 0.391. The largest absolute Gasteiger partial charge is 0.504 e. The van der Waals surface area contributed by atoms with E-state index in [1.807, 2.05) is 6.07 Å². The maximum atomic E-state index is 13.1. The fraction of sp³-hybridized carbons (Fsp3) is 0.625. The van der Waals surface area contributed by atoms with Crippen molar-refractivity contribution in [3.63, 3.8) is 0 Å². The summed E-state index contributed by atoms with van der Waals surface area (Å²) in [6.07, 6.45) is 11.2. The SMILES string of the molecule is CCCCCCCCn1c(=O)c(OCCCCCC)c(O)c2ccc(OC)cc21. The Balaban J connectivity index is 2.25. The minimum atomic E-state index is -0.257. The average molecular weight is 404 g/mol. The molecule has 0 aliphatic carbocycles. The molecule has 0 saturated heterocycles. The van der Waals surface area contributed by atoms with Crippen LogP contribution in [0.2, 0.25) is 0 Å². The summed E-state index contributed by atoms with van der Waals surface area (Å²) in [5, 5.41) is 11.3. The molecule has 0 aliphatic heterocycles. The molecule has 2 rings (SSSR count). The van der Waals surface area contributed by atoms with Crippen molar-refractivity contribution in [2.45, 2.75) is 84.6 Å². The summed E-state index contributed by atoms with van der Waals surface area (Å²) in [7, 11) is 1.60. The Labute approximate surface area is 174 Å². The molecule has 0 unspecified atom stereocenters. The van der Waals surface area contributed by atoms with Crippen LogP contribution in [0.4, 0.5) is 0 Å². The summed E-state index contributed by atoms with van der Waals surface area (Å²) in [5.74, 6) is 0.675. The van der Waals surface area contributed by atoms with E-state index in [0.717, 1.165) is 38.5 Å². The molecule has 1 aromatic carbocycles. The highest BCUT2D eigenvalue weighted by Crippen LogP contribution is 2.33. The lowest BCUT2D eigenvalue weighted by atomic mass is 10.1. The lowest BCUT2D eigenvalue weighted by Crippen LogP contribution is -2.23. The van der Waals surface area contributed by atoms with E-state index in [2.05, 4.69) is 13.8 Å². The number of nitrogens with zero attached hydrogens (tertiary/aromatic N) is 1. The zero-order chi connectivity index (χ0) is 21.1. The van der Waals surface area contributed by atoms with Gasteiger partial charge < -0.3 is 19.1 Å². The fourth-order valence-electron chi connectivity index (χ4n) is 3.62. The molecule has 0 bridgehead atoms. The molecule has 2 aromatic rings. The summed E-state index contributed by atoms with van der Waals surface area (Å²) < 4.78 is 12.8. The molecule has 1 heterocycles. The Morgan fingerprint density at radius 1 is 0.931 bits per heavy atom. The van der Waals surface area contributed by atoms with Gasteiger partial charge in [-0.3, -0.25) is 4.79 Å². The van der Waals surface area contributed by atoms with Crippen LogP contribution in [-0.4, -0.2) is 23.4 Å². The Hall–Kier alpha value is -2.17. The Morgan fingerprint density at radius 3 is 2.28 bits per heavy atom. The number of fused-ring (bicyclic) bond motifs is 1. The molecule has 0 aliphatic rings. The van der Waals surface area contributed by atoms with E-state index in [9.17, 15) is 9.90 Å². The second kappa shape index (κ2) is 12.4. The van der Waals surface area contributed by atoms with E-state index in [0.29, 0.717) is 29.8 Å². The number of pyridine rings is 1. The first-order valence-electron chi connectivity index (χ1n) is 11.2. The third-order valence-electron chi connectivity index (χ3n) is 5.38. The number of hydrogen-bond donors (Lipinski definition) is 1. The van der Waals surface area contributed by atoms with Gasteiger partial charge in [-0.25, -0.2) is 0 Å². The molecule has 0 spiro atoms. The minimum Gasteiger partial charge on any atom is -0.504 e. The van der Waals surface area contributed by atoms with E-state index in [-0.39, 0.29) is 17.1 Å². The van der Waals surface area contributed by atoms with E-state index >= 15 is 0 Å². The predicted octanol–water partition coefficient (Wildman–Crippen LogP) is 6.04. The van der Waals surface area contributed by atoms with Crippen molar-refractivity contribution in [3.8, 4) is 17.2 Å². The first kappa shape index (κ1) is 23.1. The van der Waals surface area contributed by atoms with Gasteiger partial charge in [-0.15, -0.1) is 0 Å². The van der Waals surface area contributed by atoms with E-state index in [4.69, 9.17) is 9.47 Å². The molecule has 5 heteroatoms. The predicted molar refractivity (Wildman–Crippen MR) is 119 cm³/mol. The molecule has 1 N–H and O–H groups in total. The number of hydrogen-bond acceptors (Lipinski definition) is 4. The van der Waals surface area contributed by atoms with Crippen molar-refractivity contribution >= 4 is 10.9 Å². The van der Waals surface area contributed by atoms with Crippen LogP contribution in [0.5, 0.6) is 17.2 Å². The van der Waals surface area contributed by atoms with Crippen LogP contribution >= 0.6 is 0 Å². The van der Waals surface area contributed by atoms with E-state index in [1.54, 1.807) is 23.8 Å². The van der Waals surface area contributed by atoms with Gasteiger partial charge in [-0.05, 0) is 25.0 Å². The third-order valence-corrected chi connectivity index (χ3v) is 5.38. The molecular formula is C24H37NO4. The van der Waals surface area contributed by atoms with Gasteiger partial charge in [0, 0.05) is 18.0 Å². The van der Waals surface area contributed by atoms with E-state index < -0.39 is 0 Å². The minimum absolute atomic E-state index is 0.0673. The van der Waals surface area contributed by atoms with Gasteiger partial charge in [-0.1, -0.05) is 65.2 Å². The van der Waals surface area contributed by atoms with Crippen LogP contribution in [0.1, 0.15) is 78.1 Å². The zero-order valence-electron chi connectivity index (χ0n) is 18.3. The van der Waals surface area contributed by atoms with Crippen LogP contribution in [0.3, 0.4) is 0 Å². The number of unbranched alkanes of at least 4 members (excludes halogenated alkanes) is 8. The molecule has 162 valence electrons. The summed E-state index contributed by atoms with van der Waals surface area (Å²) in [4.78, 5) is 13.1. The van der Waals surface area contributed by atoms with Gasteiger partial charge in [0.2, 0.25) is 5.75 Å². The van der Waals surface area contributed by atoms with Gasteiger partial charge in [0.25, 0.3) is 5.56 Å². The number of methoxy groups -OCH3 is 1. The Morgan fingerprint density at radius 2 is 1.59 bits per heavy atom. The van der Waals surface area contributed by atoms with Gasteiger partial charge >= 0.3 is 0 Å². The molecule has 1 aromatic heterocycles. The van der Waals surface area contributed by atoms with Crippen LogP contribution in [-0.2, 0) is 6.54 Å². The second-order valence-electron chi connectivity index (χ2n) is 7.69. The number of aryl methyl sites for hydroxylation is 1. The summed E-state index contributed by atoms with van der Waals surface area (Å²) in [6.45, 7) is 5.42.